The summed E-state index contributed by atoms with van der Waals surface area (Å²) in [4.78, 5) is 49.3. The number of hydrogen-bond acceptors (Lipinski definition) is 8. The molecule has 0 fully saturated rings. The van der Waals surface area contributed by atoms with E-state index in [4.69, 9.17) is 9.47 Å². The number of nitrogens with one attached hydrogen (secondary N) is 1. The Morgan fingerprint density at radius 1 is 1.27 bits per heavy atom. The molecule has 0 amide bonds. The van der Waals surface area contributed by atoms with Gasteiger partial charge in [-0.25, -0.2) is 9.59 Å². The highest BCUT2D eigenvalue weighted by atomic mass is 16.6. The molecule has 0 atom stereocenters. The molecule has 2 aromatic carbocycles. The number of H-pyrrole nitrogens is 1. The van der Waals surface area contributed by atoms with Gasteiger partial charge in [-0.2, -0.15) is 5.10 Å². The largest absolute Gasteiger partial charge is 0.481 e. The maximum atomic E-state index is 12.5. The molecule has 3 rings (SSSR count). The van der Waals surface area contributed by atoms with Crippen LogP contribution in [0.15, 0.2) is 57.2 Å². The van der Waals surface area contributed by atoms with Gasteiger partial charge < -0.3 is 14.5 Å². The number of aromatic nitrogens is 2. The lowest BCUT2D eigenvalue weighted by Crippen LogP contribution is -2.32. The van der Waals surface area contributed by atoms with Gasteiger partial charge in [0.25, 0.3) is 11.2 Å². The summed E-state index contributed by atoms with van der Waals surface area (Å²) >= 11 is 0. The summed E-state index contributed by atoms with van der Waals surface area (Å²) in [5.41, 5.74) is -1.26. The lowest BCUT2D eigenvalue weighted by atomic mass is 10.2. The Morgan fingerprint density at radius 3 is 2.77 bits per heavy atom. The first kappa shape index (κ1) is 20.5. The number of ether oxygens (including phenoxy) is 2. The monoisotopic (exact) mass is 412 g/mol. The molecule has 0 aliphatic rings. The lowest BCUT2D eigenvalue weighted by molar-refractivity contribution is -0.384. The van der Waals surface area contributed by atoms with E-state index in [2.05, 4.69) is 10.1 Å². The number of carbonyl (C=O) groups excluding carboxylic acids is 1. The number of nitro groups is 1. The lowest BCUT2D eigenvalue weighted by Gasteiger charge is -2.08. The average Bonchev–Trinajstić information content (AvgIpc) is 2.72. The molecule has 0 aliphatic heterocycles. The van der Waals surface area contributed by atoms with Gasteiger partial charge in [0.1, 0.15) is 5.75 Å². The third-order valence-electron chi connectivity index (χ3n) is 3.95. The normalized spacial score (nSPS) is 11.0. The molecule has 1 N–H and O–H groups in total. The maximum absolute atomic E-state index is 12.5. The topological polar surface area (TPSA) is 146 Å². The van der Waals surface area contributed by atoms with Crippen LogP contribution in [0.5, 0.6) is 5.75 Å². The van der Waals surface area contributed by atoms with Crippen molar-refractivity contribution in [1.29, 1.82) is 0 Å². The summed E-state index contributed by atoms with van der Waals surface area (Å²) in [5.74, 6) is -0.538. The fourth-order valence-electron chi connectivity index (χ4n) is 2.60. The van der Waals surface area contributed by atoms with Gasteiger partial charge in [-0.05, 0) is 25.1 Å². The van der Waals surface area contributed by atoms with Crippen molar-refractivity contribution < 1.29 is 19.2 Å². The number of rotatable bonds is 7. The van der Waals surface area contributed by atoms with Crippen molar-refractivity contribution in [3.8, 4) is 5.75 Å². The highest BCUT2D eigenvalue weighted by molar-refractivity contribution is 5.85. The number of fused-ring (bicyclic) bond motifs is 1. The zero-order valence-electron chi connectivity index (χ0n) is 15.7. The van der Waals surface area contributed by atoms with Gasteiger partial charge in [-0.15, -0.1) is 4.68 Å². The van der Waals surface area contributed by atoms with Crippen LogP contribution >= 0.6 is 0 Å². The van der Waals surface area contributed by atoms with Crippen LogP contribution < -0.4 is 16.0 Å². The first-order valence-electron chi connectivity index (χ1n) is 8.76. The molecule has 11 nitrogen and oxygen atoms in total. The molecule has 0 spiro atoms. The van der Waals surface area contributed by atoms with Crippen molar-refractivity contribution in [2.45, 2.75) is 6.92 Å². The molecule has 0 saturated carbocycles. The summed E-state index contributed by atoms with van der Waals surface area (Å²) in [6.07, 6.45) is 1.07. The van der Waals surface area contributed by atoms with Gasteiger partial charge in [0.05, 0.1) is 28.6 Å². The van der Waals surface area contributed by atoms with Crippen LogP contribution in [0, 0.1) is 10.1 Å². The van der Waals surface area contributed by atoms with Crippen molar-refractivity contribution in [3.05, 3.63) is 79.0 Å². The molecule has 0 aliphatic carbocycles. The number of aromatic amines is 1. The fourth-order valence-corrected chi connectivity index (χ4v) is 2.60. The van der Waals surface area contributed by atoms with Crippen LogP contribution in [0.25, 0.3) is 10.9 Å². The van der Waals surface area contributed by atoms with E-state index < -0.39 is 28.7 Å². The molecule has 0 radical (unpaired) electrons. The van der Waals surface area contributed by atoms with Crippen molar-refractivity contribution in [2.75, 3.05) is 13.2 Å². The quantitative estimate of drug-likeness (QED) is 0.267. The number of carbonyl (C=O) groups is 1. The Kier molecular flexibility index (Phi) is 6.01. The molecular formula is C19H16N4O7. The van der Waals surface area contributed by atoms with Gasteiger partial charge in [-0.3, -0.25) is 14.9 Å². The molecule has 1 aromatic heterocycles. The smallest absolute Gasteiger partial charge is 0.349 e. The van der Waals surface area contributed by atoms with Gasteiger partial charge in [0, 0.05) is 17.7 Å². The fraction of sp³-hybridized carbons (Fsp3) is 0.158. The van der Waals surface area contributed by atoms with Crippen LogP contribution in [-0.2, 0) is 9.53 Å². The van der Waals surface area contributed by atoms with Crippen LogP contribution in [0.4, 0.5) is 5.69 Å². The predicted octanol–water partition coefficient (Wildman–Crippen LogP) is 1.42. The van der Waals surface area contributed by atoms with Crippen LogP contribution in [-0.4, -0.2) is 40.0 Å². The molecule has 3 aromatic rings. The molecular weight excluding hydrogens is 396 g/mol. The zero-order chi connectivity index (χ0) is 21.7. The number of non-ortho nitro benzene ring substituents is 1. The molecule has 11 heteroatoms. The van der Waals surface area contributed by atoms with Crippen molar-refractivity contribution >= 4 is 28.8 Å². The second-order valence-corrected chi connectivity index (χ2v) is 5.91. The number of hydrogen-bond donors (Lipinski definition) is 1. The Hall–Kier alpha value is -4.28. The maximum Gasteiger partial charge on any atom is 0.349 e. The third kappa shape index (κ3) is 4.41. The molecule has 154 valence electrons. The minimum Gasteiger partial charge on any atom is -0.481 e. The van der Waals surface area contributed by atoms with Crippen molar-refractivity contribution in [3.63, 3.8) is 0 Å². The average molecular weight is 412 g/mol. The van der Waals surface area contributed by atoms with Crippen LogP contribution in [0.1, 0.15) is 12.5 Å². The minimum atomic E-state index is -0.783. The number of nitrogens with zero attached hydrogens (tertiary/aromatic N) is 3. The van der Waals surface area contributed by atoms with Crippen molar-refractivity contribution in [1.82, 2.24) is 9.66 Å². The highest BCUT2D eigenvalue weighted by Gasteiger charge is 2.13. The zero-order valence-corrected chi connectivity index (χ0v) is 15.7. The standard InChI is InChI=1S/C19H16N4O7/c1-2-29-17(24)11-30-16-8-7-13(23(27)28)9-12(16)10-20-22-18(25)14-5-3-4-6-15(14)21-19(22)26/h3-10H,2,11H2,1H3,(H,21,26). The van der Waals surface area contributed by atoms with Gasteiger partial charge >= 0.3 is 11.7 Å². The number of esters is 1. The molecule has 30 heavy (non-hydrogen) atoms. The summed E-state index contributed by atoms with van der Waals surface area (Å²) < 4.78 is 10.7. The van der Waals surface area contributed by atoms with Crippen LogP contribution in [0.2, 0.25) is 0 Å². The van der Waals surface area contributed by atoms with Gasteiger partial charge in [0.15, 0.2) is 6.61 Å². The van der Waals surface area contributed by atoms with E-state index in [9.17, 15) is 24.5 Å². The van der Waals surface area contributed by atoms with Crippen LogP contribution in [0.3, 0.4) is 0 Å². The minimum absolute atomic E-state index is 0.0858. The highest BCUT2D eigenvalue weighted by Crippen LogP contribution is 2.23. The van der Waals surface area contributed by atoms with E-state index in [0.717, 1.165) is 12.3 Å². The molecule has 0 bridgehead atoms. The Labute approximate surface area is 168 Å². The van der Waals surface area contributed by atoms with Crippen molar-refractivity contribution in [2.24, 2.45) is 5.10 Å². The van der Waals surface area contributed by atoms with E-state index in [1.807, 2.05) is 0 Å². The molecule has 0 unspecified atom stereocenters. The van der Waals surface area contributed by atoms with E-state index in [1.165, 1.54) is 18.2 Å². The Balaban J connectivity index is 2.01. The van der Waals surface area contributed by atoms with Gasteiger partial charge in [-0.1, -0.05) is 12.1 Å². The van der Waals surface area contributed by atoms with E-state index >= 15 is 0 Å². The predicted molar refractivity (Wildman–Crippen MR) is 107 cm³/mol. The Bertz CT molecular complexity index is 1260. The summed E-state index contributed by atoms with van der Waals surface area (Å²) in [5, 5.41) is 15.2. The number of benzene rings is 2. The first-order chi connectivity index (χ1) is 14.4. The Morgan fingerprint density at radius 2 is 2.03 bits per heavy atom. The molecule has 1 heterocycles. The summed E-state index contributed by atoms with van der Waals surface area (Å²) in [7, 11) is 0. The molecule has 0 saturated heterocycles. The number of para-hydroxylation sites is 1. The summed E-state index contributed by atoms with van der Waals surface area (Å²) in [6.45, 7) is 1.38. The number of nitro benzene ring substituents is 1. The third-order valence-corrected chi connectivity index (χ3v) is 3.95. The van der Waals surface area contributed by atoms with E-state index in [1.54, 1.807) is 25.1 Å². The second-order valence-electron chi connectivity index (χ2n) is 5.91. The summed E-state index contributed by atoms with van der Waals surface area (Å²) in [6, 6.07) is 10.0. The van der Waals surface area contributed by atoms with E-state index in [-0.39, 0.29) is 29.0 Å². The van der Waals surface area contributed by atoms with Gasteiger partial charge in [0.2, 0.25) is 0 Å². The van der Waals surface area contributed by atoms with E-state index in [0.29, 0.717) is 10.2 Å². The first-order valence-corrected chi connectivity index (χ1v) is 8.76. The SMILES string of the molecule is CCOC(=O)COc1ccc([N+](=O)[O-])cc1C=Nn1c(=O)[nH]c2ccccc2c1=O. The second kappa shape index (κ2) is 8.82.